The molecule has 0 aromatic carbocycles. The van der Waals surface area contributed by atoms with E-state index in [1.54, 1.807) is 6.20 Å². The van der Waals surface area contributed by atoms with E-state index in [0.717, 1.165) is 16.8 Å². The topological polar surface area (TPSA) is 66.0 Å². The molecule has 0 saturated heterocycles. The van der Waals surface area contributed by atoms with Crippen molar-refractivity contribution in [2.75, 3.05) is 18.0 Å². The summed E-state index contributed by atoms with van der Waals surface area (Å²) in [7, 11) is 0. The average Bonchev–Trinajstić information content (AvgIpc) is 2.24. The number of halogens is 2. The molecule has 6 heteroatoms. The number of pyridine rings is 1. The third-order valence-electron chi connectivity index (χ3n) is 2.32. The molecule has 1 aromatic heterocycles. The third-order valence-corrected chi connectivity index (χ3v) is 3.11. The minimum absolute atomic E-state index is 0.189. The van der Waals surface area contributed by atoms with E-state index in [0.29, 0.717) is 23.9 Å². The lowest BCUT2D eigenvalue weighted by atomic mass is 10.2. The average molecular weight is 334 g/mol. The van der Waals surface area contributed by atoms with E-state index < -0.39 is 0 Å². The van der Waals surface area contributed by atoms with E-state index in [-0.39, 0.29) is 5.84 Å². The summed E-state index contributed by atoms with van der Waals surface area (Å²) < 4.78 is 0.860. The molecule has 1 heterocycles. The van der Waals surface area contributed by atoms with Crippen LogP contribution in [0, 0.1) is 11.3 Å². The molecule has 0 unspecified atom stereocenters. The molecule has 0 aliphatic heterocycles. The van der Waals surface area contributed by atoms with Gasteiger partial charge >= 0.3 is 0 Å². The molecule has 0 fully saturated rings. The van der Waals surface area contributed by atoms with Crippen molar-refractivity contribution < 1.29 is 0 Å². The van der Waals surface area contributed by atoms with Crippen molar-refractivity contribution in [2.24, 2.45) is 11.7 Å². The normalized spacial score (nSPS) is 10.7. The lowest BCUT2D eigenvalue weighted by molar-refractivity contribution is 0.608. The van der Waals surface area contributed by atoms with Crippen LogP contribution in [0.3, 0.4) is 0 Å². The largest absolute Gasteiger partial charge is 0.388 e. The number of hydrogen-bond acceptors (Lipinski definition) is 3. The van der Waals surface area contributed by atoms with Crippen LogP contribution in [0.5, 0.6) is 0 Å². The maximum absolute atomic E-state index is 7.32. The van der Waals surface area contributed by atoms with E-state index >= 15 is 0 Å². The molecule has 1 aromatic rings. The van der Waals surface area contributed by atoms with Gasteiger partial charge in [-0.1, -0.05) is 25.4 Å². The van der Waals surface area contributed by atoms with Crippen LogP contribution in [0.1, 0.15) is 20.3 Å². The van der Waals surface area contributed by atoms with Gasteiger partial charge in [-0.15, -0.1) is 0 Å². The SMILES string of the molecule is CC(C)CN(CCC(=N)N)c1ncc(Cl)cc1Br. The van der Waals surface area contributed by atoms with Crippen molar-refractivity contribution in [1.82, 2.24) is 4.98 Å². The predicted octanol–water partition coefficient (Wildman–Crippen LogP) is 3.29. The van der Waals surface area contributed by atoms with Gasteiger partial charge in [0.2, 0.25) is 0 Å². The summed E-state index contributed by atoms with van der Waals surface area (Å²) in [6, 6.07) is 1.82. The lowest BCUT2D eigenvalue weighted by Gasteiger charge is -2.26. The van der Waals surface area contributed by atoms with Gasteiger partial charge in [0.25, 0.3) is 0 Å². The van der Waals surface area contributed by atoms with Crippen molar-refractivity contribution >= 4 is 39.2 Å². The second-order valence-electron chi connectivity index (χ2n) is 4.57. The summed E-state index contributed by atoms with van der Waals surface area (Å²) >= 11 is 9.36. The van der Waals surface area contributed by atoms with E-state index in [2.05, 4.69) is 39.7 Å². The predicted molar refractivity (Wildman–Crippen MR) is 80.5 cm³/mol. The lowest BCUT2D eigenvalue weighted by Crippen LogP contribution is -2.32. The summed E-state index contributed by atoms with van der Waals surface area (Å²) in [6.07, 6.45) is 2.16. The van der Waals surface area contributed by atoms with Crippen LogP contribution in [-0.2, 0) is 0 Å². The summed E-state index contributed by atoms with van der Waals surface area (Å²) in [5, 5.41) is 7.92. The minimum atomic E-state index is 0.189. The highest BCUT2D eigenvalue weighted by molar-refractivity contribution is 9.10. The highest BCUT2D eigenvalue weighted by Crippen LogP contribution is 2.27. The number of nitrogens with two attached hydrogens (primary N) is 1. The van der Waals surface area contributed by atoms with Gasteiger partial charge in [-0.2, -0.15) is 0 Å². The maximum Gasteiger partial charge on any atom is 0.142 e. The second kappa shape index (κ2) is 6.95. The van der Waals surface area contributed by atoms with Gasteiger partial charge in [-0.05, 0) is 27.9 Å². The highest BCUT2D eigenvalue weighted by Gasteiger charge is 2.13. The number of hydrogen-bond donors (Lipinski definition) is 2. The van der Waals surface area contributed by atoms with E-state index in [1.165, 1.54) is 0 Å². The Balaban J connectivity index is 2.89. The highest BCUT2D eigenvalue weighted by atomic mass is 79.9. The Bertz CT molecular complexity index is 423. The molecular formula is C12H18BrClN4. The third kappa shape index (κ3) is 4.82. The maximum atomic E-state index is 7.32. The molecular weight excluding hydrogens is 316 g/mol. The van der Waals surface area contributed by atoms with Crippen LogP contribution in [0.25, 0.3) is 0 Å². The van der Waals surface area contributed by atoms with Gasteiger partial charge in [0.1, 0.15) is 5.82 Å². The molecule has 0 bridgehead atoms. The number of rotatable bonds is 6. The number of aromatic nitrogens is 1. The molecule has 1 rings (SSSR count). The monoisotopic (exact) mass is 332 g/mol. The van der Waals surface area contributed by atoms with Crippen LogP contribution < -0.4 is 10.6 Å². The second-order valence-corrected chi connectivity index (χ2v) is 5.86. The van der Waals surface area contributed by atoms with Crippen molar-refractivity contribution in [2.45, 2.75) is 20.3 Å². The van der Waals surface area contributed by atoms with Crippen molar-refractivity contribution in [3.8, 4) is 0 Å². The summed E-state index contributed by atoms with van der Waals surface area (Å²) in [4.78, 5) is 6.46. The fourth-order valence-electron chi connectivity index (χ4n) is 1.62. The Labute approximate surface area is 121 Å². The summed E-state index contributed by atoms with van der Waals surface area (Å²) in [6.45, 7) is 5.83. The number of anilines is 1. The van der Waals surface area contributed by atoms with Gasteiger partial charge in [-0.3, -0.25) is 5.41 Å². The van der Waals surface area contributed by atoms with Crippen LogP contribution in [0.4, 0.5) is 5.82 Å². The standard InChI is InChI=1S/C12H18BrClN4/c1-8(2)7-18(4-3-11(15)16)12-10(13)5-9(14)6-17-12/h5-6,8H,3-4,7H2,1-2H3,(H3,15,16). The first-order valence-corrected chi connectivity index (χ1v) is 6.96. The molecule has 4 nitrogen and oxygen atoms in total. The van der Waals surface area contributed by atoms with Crippen LogP contribution in [0.15, 0.2) is 16.7 Å². The van der Waals surface area contributed by atoms with Crippen LogP contribution in [-0.4, -0.2) is 23.9 Å². The Morgan fingerprint density at radius 2 is 2.28 bits per heavy atom. The van der Waals surface area contributed by atoms with Gasteiger partial charge in [-0.25, -0.2) is 4.98 Å². The summed E-state index contributed by atoms with van der Waals surface area (Å²) in [5.41, 5.74) is 5.42. The zero-order chi connectivity index (χ0) is 13.7. The van der Waals surface area contributed by atoms with Gasteiger partial charge in [0.15, 0.2) is 0 Å². The molecule has 0 spiro atoms. The number of nitrogens with zero attached hydrogens (tertiary/aromatic N) is 2. The van der Waals surface area contributed by atoms with E-state index in [4.69, 9.17) is 22.7 Å². The first kappa shape index (κ1) is 15.2. The minimum Gasteiger partial charge on any atom is -0.388 e. The zero-order valence-corrected chi connectivity index (χ0v) is 12.9. The van der Waals surface area contributed by atoms with Crippen LogP contribution >= 0.6 is 27.5 Å². The zero-order valence-electron chi connectivity index (χ0n) is 10.6. The first-order valence-electron chi connectivity index (χ1n) is 5.79. The quantitative estimate of drug-likeness (QED) is 0.620. The van der Waals surface area contributed by atoms with Gasteiger partial charge < -0.3 is 10.6 Å². The Morgan fingerprint density at radius 1 is 1.61 bits per heavy atom. The Morgan fingerprint density at radius 3 is 2.78 bits per heavy atom. The molecule has 100 valence electrons. The first-order chi connectivity index (χ1) is 8.40. The molecule has 0 atom stereocenters. The summed E-state index contributed by atoms with van der Waals surface area (Å²) in [5.74, 6) is 1.53. The molecule has 0 amide bonds. The Kier molecular flexibility index (Phi) is 5.88. The van der Waals surface area contributed by atoms with E-state index in [9.17, 15) is 0 Å². The number of amidine groups is 1. The van der Waals surface area contributed by atoms with E-state index in [1.807, 2.05) is 6.07 Å². The van der Waals surface area contributed by atoms with Gasteiger partial charge in [0.05, 0.1) is 15.3 Å². The molecule has 0 radical (unpaired) electrons. The Hall–Kier alpha value is -0.810. The molecule has 0 aliphatic rings. The molecule has 3 N–H and O–H groups in total. The molecule has 0 saturated carbocycles. The van der Waals surface area contributed by atoms with Crippen molar-refractivity contribution in [1.29, 1.82) is 5.41 Å². The fourth-order valence-corrected chi connectivity index (χ4v) is 2.51. The smallest absolute Gasteiger partial charge is 0.142 e. The van der Waals surface area contributed by atoms with Gasteiger partial charge in [0, 0.05) is 25.7 Å². The fraction of sp³-hybridized carbons (Fsp3) is 0.500. The van der Waals surface area contributed by atoms with Crippen LogP contribution in [0.2, 0.25) is 5.02 Å². The molecule has 0 aliphatic carbocycles. The number of nitrogens with one attached hydrogen (secondary N) is 1. The molecule has 18 heavy (non-hydrogen) atoms. The van der Waals surface area contributed by atoms with Crippen molar-refractivity contribution in [3.63, 3.8) is 0 Å². The van der Waals surface area contributed by atoms with Crippen molar-refractivity contribution in [3.05, 3.63) is 21.8 Å².